The first-order valence-electron chi connectivity index (χ1n) is 6.56. The molecule has 0 aliphatic heterocycles. The molecule has 1 aromatic rings. The van der Waals surface area contributed by atoms with Crippen molar-refractivity contribution in [3.63, 3.8) is 0 Å². The molecule has 0 saturated carbocycles. The minimum Gasteiger partial charge on any atom is -0.498 e. The van der Waals surface area contributed by atoms with E-state index in [0.717, 1.165) is 12.0 Å². The van der Waals surface area contributed by atoms with Crippen LogP contribution in [0.3, 0.4) is 0 Å². The molecule has 0 aromatic heterocycles. The molecule has 0 unspecified atom stereocenters. The summed E-state index contributed by atoms with van der Waals surface area (Å²) in [5.74, 6) is -0.175. The number of rotatable bonds is 7. The maximum Gasteiger partial charge on any atom is 0.311 e. The van der Waals surface area contributed by atoms with Gasteiger partial charge in [0, 0.05) is 0 Å². The highest BCUT2D eigenvalue weighted by molar-refractivity contribution is 5.75. The smallest absolute Gasteiger partial charge is 0.311 e. The van der Waals surface area contributed by atoms with Crippen molar-refractivity contribution >= 4 is 12.0 Å². The Morgan fingerprint density at radius 2 is 1.89 bits per heavy atom. The molecular weight excluding hydrogens is 240 g/mol. The zero-order chi connectivity index (χ0) is 14.1. The lowest BCUT2D eigenvalue weighted by Gasteiger charge is -2.20. The van der Waals surface area contributed by atoms with Gasteiger partial charge in [-0.3, -0.25) is 4.79 Å². The van der Waals surface area contributed by atoms with Gasteiger partial charge in [-0.1, -0.05) is 37.3 Å². The molecule has 19 heavy (non-hydrogen) atoms. The number of esters is 1. The zero-order valence-electron chi connectivity index (χ0n) is 11.9. The number of hydrogen-bond acceptors (Lipinski definition) is 3. The first-order chi connectivity index (χ1) is 9.06. The first kappa shape index (κ1) is 15.3. The fourth-order valence-electron chi connectivity index (χ4n) is 1.28. The summed E-state index contributed by atoms with van der Waals surface area (Å²) in [6.07, 6.45) is 4.26. The Morgan fingerprint density at radius 1 is 1.21 bits per heavy atom. The van der Waals surface area contributed by atoms with E-state index in [1.807, 2.05) is 57.2 Å². The van der Waals surface area contributed by atoms with Crippen LogP contribution < -0.4 is 0 Å². The molecule has 0 N–H and O–H groups in total. The van der Waals surface area contributed by atoms with Crippen LogP contribution in [0.5, 0.6) is 0 Å². The quantitative estimate of drug-likeness (QED) is 0.427. The van der Waals surface area contributed by atoms with E-state index in [0.29, 0.717) is 6.61 Å². The molecule has 3 nitrogen and oxygen atoms in total. The summed E-state index contributed by atoms with van der Waals surface area (Å²) >= 11 is 0. The summed E-state index contributed by atoms with van der Waals surface area (Å²) in [6, 6.07) is 9.88. The molecular formula is C16H22O3. The van der Waals surface area contributed by atoms with Crippen molar-refractivity contribution in [2.24, 2.45) is 5.41 Å². The molecule has 0 aliphatic carbocycles. The molecule has 1 rings (SSSR count). The Bertz CT molecular complexity index is 407. The number of hydrogen-bond donors (Lipinski definition) is 0. The Kier molecular flexibility index (Phi) is 6.13. The van der Waals surface area contributed by atoms with Crippen LogP contribution in [-0.4, -0.2) is 19.2 Å². The zero-order valence-corrected chi connectivity index (χ0v) is 11.9. The molecule has 0 amide bonds. The van der Waals surface area contributed by atoms with Crippen molar-refractivity contribution in [1.29, 1.82) is 0 Å². The van der Waals surface area contributed by atoms with Crippen LogP contribution >= 0.6 is 0 Å². The maximum absolute atomic E-state index is 11.7. The van der Waals surface area contributed by atoms with Gasteiger partial charge in [-0.25, -0.2) is 0 Å². The third-order valence-electron chi connectivity index (χ3n) is 3.03. The van der Waals surface area contributed by atoms with E-state index < -0.39 is 5.41 Å². The fraction of sp³-hybridized carbons (Fsp3) is 0.438. The predicted octanol–water partition coefficient (Wildman–Crippen LogP) is 3.65. The highest BCUT2D eigenvalue weighted by atomic mass is 16.6. The second-order valence-corrected chi connectivity index (χ2v) is 4.96. The van der Waals surface area contributed by atoms with E-state index in [1.54, 1.807) is 6.26 Å². The van der Waals surface area contributed by atoms with Gasteiger partial charge in [0.05, 0.1) is 11.7 Å². The average molecular weight is 262 g/mol. The number of carbonyl (C=O) groups is 1. The standard InChI is InChI=1S/C16H22O3/c1-4-16(2,3)15(17)19-13-12-18-11-10-14-8-6-5-7-9-14/h5-11H,4,12-13H2,1-3H3/b11-10-. The summed E-state index contributed by atoms with van der Waals surface area (Å²) in [5, 5.41) is 0. The first-order valence-corrected chi connectivity index (χ1v) is 6.56. The van der Waals surface area contributed by atoms with E-state index >= 15 is 0 Å². The maximum atomic E-state index is 11.7. The Hall–Kier alpha value is -1.77. The van der Waals surface area contributed by atoms with Gasteiger partial charge in [-0.05, 0) is 31.9 Å². The topological polar surface area (TPSA) is 35.5 Å². The second-order valence-electron chi connectivity index (χ2n) is 4.96. The normalized spacial score (nSPS) is 11.5. The summed E-state index contributed by atoms with van der Waals surface area (Å²) in [6.45, 7) is 6.38. The highest BCUT2D eigenvalue weighted by Crippen LogP contribution is 2.21. The van der Waals surface area contributed by atoms with E-state index in [-0.39, 0.29) is 12.6 Å². The molecule has 3 heteroatoms. The van der Waals surface area contributed by atoms with E-state index in [9.17, 15) is 4.79 Å². The van der Waals surface area contributed by atoms with Crippen molar-refractivity contribution < 1.29 is 14.3 Å². The highest BCUT2D eigenvalue weighted by Gasteiger charge is 2.26. The van der Waals surface area contributed by atoms with Crippen LogP contribution in [-0.2, 0) is 14.3 Å². The third-order valence-corrected chi connectivity index (χ3v) is 3.03. The van der Waals surface area contributed by atoms with Crippen molar-refractivity contribution in [3.8, 4) is 0 Å². The van der Waals surface area contributed by atoms with E-state index in [2.05, 4.69) is 0 Å². The molecule has 1 aromatic carbocycles. The summed E-state index contributed by atoms with van der Waals surface area (Å²) in [7, 11) is 0. The Labute approximate surface area is 115 Å². The van der Waals surface area contributed by atoms with Gasteiger partial charge in [0.15, 0.2) is 0 Å². The molecule has 0 radical (unpaired) electrons. The largest absolute Gasteiger partial charge is 0.498 e. The minimum absolute atomic E-state index is 0.175. The molecule has 104 valence electrons. The third kappa shape index (κ3) is 5.60. The Balaban J connectivity index is 2.18. The summed E-state index contributed by atoms with van der Waals surface area (Å²) in [5.41, 5.74) is 0.659. The van der Waals surface area contributed by atoms with E-state index in [4.69, 9.17) is 9.47 Å². The lowest BCUT2D eigenvalue weighted by molar-refractivity contribution is -0.155. The van der Waals surface area contributed by atoms with Gasteiger partial charge in [0.1, 0.15) is 13.2 Å². The van der Waals surface area contributed by atoms with Gasteiger partial charge in [0.2, 0.25) is 0 Å². The van der Waals surface area contributed by atoms with Crippen LogP contribution in [0.2, 0.25) is 0 Å². The number of benzene rings is 1. The fourth-order valence-corrected chi connectivity index (χ4v) is 1.28. The lowest BCUT2D eigenvalue weighted by atomic mass is 9.91. The van der Waals surface area contributed by atoms with Crippen LogP contribution in [0, 0.1) is 5.41 Å². The molecule has 0 heterocycles. The molecule has 0 saturated heterocycles. The SMILES string of the molecule is CCC(C)(C)C(=O)OCCO/C=C\c1ccccc1. The van der Waals surface area contributed by atoms with Gasteiger partial charge in [-0.2, -0.15) is 0 Å². The lowest BCUT2D eigenvalue weighted by Crippen LogP contribution is -2.26. The molecule has 0 bridgehead atoms. The summed E-state index contributed by atoms with van der Waals surface area (Å²) in [4.78, 5) is 11.7. The summed E-state index contributed by atoms with van der Waals surface area (Å²) < 4.78 is 10.4. The van der Waals surface area contributed by atoms with Crippen LogP contribution in [0.25, 0.3) is 6.08 Å². The van der Waals surface area contributed by atoms with Crippen LogP contribution in [0.4, 0.5) is 0 Å². The van der Waals surface area contributed by atoms with Crippen molar-refractivity contribution in [2.75, 3.05) is 13.2 Å². The van der Waals surface area contributed by atoms with Crippen molar-refractivity contribution in [1.82, 2.24) is 0 Å². The number of carbonyl (C=O) groups excluding carboxylic acids is 1. The molecule has 0 fully saturated rings. The van der Waals surface area contributed by atoms with Gasteiger partial charge < -0.3 is 9.47 Å². The molecule has 0 spiro atoms. The predicted molar refractivity (Wildman–Crippen MR) is 76.5 cm³/mol. The van der Waals surface area contributed by atoms with E-state index in [1.165, 1.54) is 0 Å². The van der Waals surface area contributed by atoms with Gasteiger partial charge >= 0.3 is 5.97 Å². The van der Waals surface area contributed by atoms with Gasteiger partial charge in [-0.15, -0.1) is 0 Å². The number of ether oxygens (including phenoxy) is 2. The van der Waals surface area contributed by atoms with Crippen molar-refractivity contribution in [3.05, 3.63) is 42.2 Å². The second kappa shape index (κ2) is 7.62. The van der Waals surface area contributed by atoms with Crippen LogP contribution in [0.15, 0.2) is 36.6 Å². The average Bonchev–Trinajstić information content (AvgIpc) is 2.43. The van der Waals surface area contributed by atoms with Gasteiger partial charge in [0.25, 0.3) is 0 Å². The van der Waals surface area contributed by atoms with Crippen molar-refractivity contribution in [2.45, 2.75) is 27.2 Å². The molecule has 0 aliphatic rings. The monoisotopic (exact) mass is 262 g/mol. The minimum atomic E-state index is -0.417. The molecule has 0 atom stereocenters. The Morgan fingerprint density at radius 3 is 2.53 bits per heavy atom. The van der Waals surface area contributed by atoms with Crippen LogP contribution in [0.1, 0.15) is 32.8 Å².